The van der Waals surface area contributed by atoms with Crippen LogP contribution in [-0.4, -0.2) is 34.0 Å². The quantitative estimate of drug-likeness (QED) is 0.697. The van der Waals surface area contributed by atoms with E-state index in [2.05, 4.69) is 5.32 Å². The summed E-state index contributed by atoms with van der Waals surface area (Å²) in [4.78, 5) is 12.1. The van der Waals surface area contributed by atoms with Crippen LogP contribution < -0.4 is 15.4 Å². The lowest BCUT2D eigenvalue weighted by atomic mass is 10.2. The van der Waals surface area contributed by atoms with Gasteiger partial charge in [-0.1, -0.05) is 35.4 Å². The molecule has 2 aromatic rings. The molecule has 6 nitrogen and oxygen atoms in total. The van der Waals surface area contributed by atoms with Crippen LogP contribution in [0.2, 0.25) is 0 Å². The fourth-order valence-corrected chi connectivity index (χ4v) is 3.91. The van der Waals surface area contributed by atoms with E-state index in [4.69, 9.17) is 5.73 Å². The van der Waals surface area contributed by atoms with Crippen molar-refractivity contribution in [3.63, 3.8) is 0 Å². The summed E-state index contributed by atoms with van der Waals surface area (Å²) in [7, 11) is -3.77. The van der Waals surface area contributed by atoms with Crippen molar-refractivity contribution in [1.29, 1.82) is 0 Å². The second kappa shape index (κ2) is 10.3. The van der Waals surface area contributed by atoms with E-state index in [1.807, 2.05) is 26.0 Å². The van der Waals surface area contributed by atoms with Crippen molar-refractivity contribution >= 4 is 34.0 Å². The second-order valence-electron chi connectivity index (χ2n) is 6.11. The van der Waals surface area contributed by atoms with Gasteiger partial charge in [-0.15, -0.1) is 12.4 Å². The summed E-state index contributed by atoms with van der Waals surface area (Å²) in [5.41, 5.74) is 7.91. The van der Waals surface area contributed by atoms with Gasteiger partial charge in [0.05, 0.1) is 10.6 Å². The van der Waals surface area contributed by atoms with Gasteiger partial charge in [-0.2, -0.15) is 0 Å². The molecule has 27 heavy (non-hydrogen) atoms. The van der Waals surface area contributed by atoms with Crippen LogP contribution in [0.15, 0.2) is 53.4 Å². The fraction of sp³-hybridized carbons (Fsp3) is 0.316. The topological polar surface area (TPSA) is 92.5 Å². The summed E-state index contributed by atoms with van der Waals surface area (Å²) < 4.78 is 27.5. The molecule has 0 aliphatic carbocycles. The second-order valence-corrected chi connectivity index (χ2v) is 7.98. The number of halogens is 1. The molecule has 0 atom stereocenters. The Kier molecular flexibility index (Phi) is 8.75. The molecule has 0 heterocycles. The van der Waals surface area contributed by atoms with Gasteiger partial charge in [0.25, 0.3) is 10.0 Å². The first-order valence-electron chi connectivity index (χ1n) is 8.47. The van der Waals surface area contributed by atoms with Gasteiger partial charge in [-0.25, -0.2) is 8.42 Å². The van der Waals surface area contributed by atoms with Crippen molar-refractivity contribution in [1.82, 2.24) is 5.32 Å². The number of nitrogens with zero attached hydrogens (tertiary/aromatic N) is 1. The van der Waals surface area contributed by atoms with E-state index in [1.54, 1.807) is 36.4 Å². The van der Waals surface area contributed by atoms with Gasteiger partial charge >= 0.3 is 0 Å². The lowest BCUT2D eigenvalue weighted by Crippen LogP contribution is -2.36. The predicted molar refractivity (Wildman–Crippen MR) is 111 cm³/mol. The number of benzene rings is 2. The minimum Gasteiger partial charge on any atom is -0.355 e. The molecule has 2 aromatic carbocycles. The van der Waals surface area contributed by atoms with E-state index in [0.717, 1.165) is 11.1 Å². The molecule has 0 radical (unpaired) electrons. The Morgan fingerprint density at radius 2 is 1.52 bits per heavy atom. The Balaban J connectivity index is 0.00000364. The molecule has 1 amide bonds. The molecule has 3 N–H and O–H groups in total. The van der Waals surface area contributed by atoms with E-state index < -0.39 is 10.0 Å². The summed E-state index contributed by atoms with van der Waals surface area (Å²) in [5.74, 6) is -0.230. The van der Waals surface area contributed by atoms with Crippen molar-refractivity contribution < 1.29 is 13.2 Å². The molecule has 0 spiro atoms. The Bertz CT molecular complexity index is 838. The molecule has 0 aliphatic heterocycles. The van der Waals surface area contributed by atoms with Gasteiger partial charge < -0.3 is 11.1 Å². The number of nitrogens with two attached hydrogens (primary N) is 1. The van der Waals surface area contributed by atoms with Crippen molar-refractivity contribution in [2.75, 3.05) is 23.9 Å². The van der Waals surface area contributed by atoms with Crippen LogP contribution in [-0.2, 0) is 14.8 Å². The molecule has 0 bridgehead atoms. The smallest absolute Gasteiger partial charge is 0.264 e. The number of hydrogen-bond donors (Lipinski definition) is 2. The van der Waals surface area contributed by atoms with Gasteiger partial charge in [0, 0.05) is 26.1 Å². The maximum absolute atomic E-state index is 13.1. The molecule has 148 valence electrons. The summed E-state index contributed by atoms with van der Waals surface area (Å²) >= 11 is 0. The molecule has 2 rings (SSSR count). The number of rotatable bonds is 8. The van der Waals surface area contributed by atoms with Crippen LogP contribution >= 0.6 is 12.4 Å². The zero-order valence-corrected chi connectivity index (χ0v) is 17.1. The number of aryl methyl sites for hydroxylation is 2. The zero-order chi connectivity index (χ0) is 19.2. The number of sulfonamides is 1. The van der Waals surface area contributed by atoms with E-state index in [9.17, 15) is 13.2 Å². The highest BCUT2D eigenvalue weighted by Gasteiger charge is 2.25. The van der Waals surface area contributed by atoms with Gasteiger partial charge in [0.1, 0.15) is 0 Å². The average Bonchev–Trinajstić information content (AvgIpc) is 2.61. The van der Waals surface area contributed by atoms with Crippen LogP contribution in [0.5, 0.6) is 0 Å². The molecular weight excluding hydrogens is 386 g/mol. The van der Waals surface area contributed by atoms with Crippen LogP contribution in [0.4, 0.5) is 5.69 Å². The van der Waals surface area contributed by atoms with E-state index >= 15 is 0 Å². The minimum atomic E-state index is -3.77. The Labute approximate surface area is 167 Å². The van der Waals surface area contributed by atoms with E-state index in [-0.39, 0.29) is 36.2 Å². The largest absolute Gasteiger partial charge is 0.355 e. The number of carbonyl (C=O) groups excluding carboxylic acids is 1. The molecule has 0 aromatic heterocycles. The van der Waals surface area contributed by atoms with Crippen LogP contribution in [0, 0.1) is 13.8 Å². The Morgan fingerprint density at radius 1 is 1.00 bits per heavy atom. The van der Waals surface area contributed by atoms with Crippen molar-refractivity contribution in [3.8, 4) is 0 Å². The Morgan fingerprint density at radius 3 is 2.04 bits per heavy atom. The van der Waals surface area contributed by atoms with Gasteiger partial charge in [-0.05, 0) is 38.1 Å². The molecule has 0 fully saturated rings. The van der Waals surface area contributed by atoms with Crippen molar-refractivity contribution in [2.24, 2.45) is 5.73 Å². The summed E-state index contributed by atoms with van der Waals surface area (Å²) in [5, 5.41) is 2.66. The molecule has 8 heteroatoms. The summed E-state index contributed by atoms with van der Waals surface area (Å²) in [6.07, 6.45) is 0.0545. The number of hydrogen-bond acceptors (Lipinski definition) is 4. The Hall–Kier alpha value is -2.09. The van der Waals surface area contributed by atoms with Gasteiger partial charge in [-0.3, -0.25) is 9.10 Å². The first-order chi connectivity index (χ1) is 12.3. The standard InChI is InChI=1S/C19H25N3O3S.ClH/c1-15-3-7-17(8-4-15)22(14-11-19(23)21-13-12-20)26(24,25)18-9-5-16(2)6-10-18;/h3-10H,11-14,20H2,1-2H3,(H,21,23);1H. The van der Waals surface area contributed by atoms with Crippen LogP contribution in [0.25, 0.3) is 0 Å². The molecular formula is C19H26ClN3O3S. The lowest BCUT2D eigenvalue weighted by Gasteiger charge is -2.24. The van der Waals surface area contributed by atoms with E-state index in [1.165, 1.54) is 4.31 Å². The zero-order valence-electron chi connectivity index (χ0n) is 15.5. The first-order valence-corrected chi connectivity index (χ1v) is 9.91. The monoisotopic (exact) mass is 411 g/mol. The van der Waals surface area contributed by atoms with Crippen molar-refractivity contribution in [3.05, 3.63) is 59.7 Å². The number of nitrogens with one attached hydrogen (secondary N) is 1. The average molecular weight is 412 g/mol. The van der Waals surface area contributed by atoms with E-state index in [0.29, 0.717) is 18.8 Å². The number of anilines is 1. The van der Waals surface area contributed by atoms with Gasteiger partial charge in [0.15, 0.2) is 0 Å². The number of amides is 1. The highest BCUT2D eigenvalue weighted by Crippen LogP contribution is 2.24. The van der Waals surface area contributed by atoms with Gasteiger partial charge in [0.2, 0.25) is 5.91 Å². The summed E-state index contributed by atoms with van der Waals surface area (Å²) in [6, 6.07) is 13.9. The number of carbonyl (C=O) groups is 1. The first kappa shape index (κ1) is 23.0. The van der Waals surface area contributed by atoms with Crippen molar-refractivity contribution in [2.45, 2.75) is 25.2 Å². The molecule has 0 aliphatic rings. The highest BCUT2D eigenvalue weighted by atomic mass is 35.5. The lowest BCUT2D eigenvalue weighted by molar-refractivity contribution is -0.120. The maximum atomic E-state index is 13.1. The van der Waals surface area contributed by atoms with Crippen LogP contribution in [0.3, 0.4) is 0 Å². The molecule has 0 unspecified atom stereocenters. The fourth-order valence-electron chi connectivity index (χ4n) is 2.44. The SMILES string of the molecule is Cc1ccc(N(CCC(=O)NCCN)S(=O)(=O)c2ccc(C)cc2)cc1.Cl. The normalized spacial score (nSPS) is 10.8. The third-order valence-electron chi connectivity index (χ3n) is 3.94. The molecule has 0 saturated carbocycles. The summed E-state index contributed by atoms with van der Waals surface area (Å²) in [6.45, 7) is 4.59. The third kappa shape index (κ3) is 6.23. The highest BCUT2D eigenvalue weighted by molar-refractivity contribution is 7.92. The minimum absolute atomic E-state index is 0. The van der Waals surface area contributed by atoms with Crippen LogP contribution in [0.1, 0.15) is 17.5 Å². The maximum Gasteiger partial charge on any atom is 0.264 e. The molecule has 0 saturated heterocycles. The predicted octanol–water partition coefficient (Wildman–Crippen LogP) is 2.39. The third-order valence-corrected chi connectivity index (χ3v) is 5.78.